The van der Waals surface area contributed by atoms with Crippen LogP contribution in [0.15, 0.2) is 0 Å². The van der Waals surface area contributed by atoms with E-state index in [0.29, 0.717) is 0 Å². The molecule has 0 saturated heterocycles. The summed E-state index contributed by atoms with van der Waals surface area (Å²) >= 11 is 0. The first-order valence-corrected chi connectivity index (χ1v) is 6.05. The third kappa shape index (κ3) is 4.43. The van der Waals surface area contributed by atoms with E-state index < -0.39 is 12.0 Å². The lowest BCUT2D eigenvalue weighted by Gasteiger charge is -2.22. The Morgan fingerprint density at radius 3 is 2.53 bits per heavy atom. The van der Waals surface area contributed by atoms with Crippen LogP contribution in [0.5, 0.6) is 0 Å². The van der Waals surface area contributed by atoms with Gasteiger partial charge in [-0.05, 0) is 19.3 Å². The van der Waals surface area contributed by atoms with Gasteiger partial charge in [0.15, 0.2) is 0 Å². The van der Waals surface area contributed by atoms with E-state index in [0.717, 1.165) is 32.1 Å². The number of nitriles is 1. The fourth-order valence-electron chi connectivity index (χ4n) is 2.12. The molecule has 0 aromatic rings. The normalized spacial score (nSPS) is 18.1. The zero-order valence-electron chi connectivity index (χ0n) is 9.82. The standard InChI is InChI=1S/C12H18N2O3/c13-8-4-7-10(12(16)17)14-11(15)9-5-2-1-3-6-9/h9-10H,1-7H2,(H,14,15)(H,16,17)/t10-/m1/s1. The van der Waals surface area contributed by atoms with Crippen LogP contribution >= 0.6 is 0 Å². The first kappa shape index (κ1) is 13.5. The quantitative estimate of drug-likeness (QED) is 0.758. The smallest absolute Gasteiger partial charge is 0.326 e. The SMILES string of the molecule is N#CCC[C@@H](NC(=O)C1CCCCC1)C(=O)O. The molecule has 1 aliphatic rings. The highest BCUT2D eigenvalue weighted by atomic mass is 16.4. The van der Waals surface area contributed by atoms with E-state index in [2.05, 4.69) is 5.32 Å². The maximum Gasteiger partial charge on any atom is 0.326 e. The van der Waals surface area contributed by atoms with E-state index >= 15 is 0 Å². The Hall–Kier alpha value is -1.57. The van der Waals surface area contributed by atoms with Gasteiger partial charge in [0.05, 0.1) is 6.07 Å². The summed E-state index contributed by atoms with van der Waals surface area (Å²) in [6, 6.07) is 0.964. The predicted octanol–water partition coefficient (Wildman–Crippen LogP) is 1.44. The van der Waals surface area contributed by atoms with E-state index in [9.17, 15) is 9.59 Å². The molecule has 2 N–H and O–H groups in total. The number of carbonyl (C=O) groups is 2. The molecule has 0 aromatic heterocycles. The third-order valence-corrected chi connectivity index (χ3v) is 3.14. The Morgan fingerprint density at radius 2 is 2.00 bits per heavy atom. The summed E-state index contributed by atoms with van der Waals surface area (Å²) in [4.78, 5) is 22.7. The van der Waals surface area contributed by atoms with Gasteiger partial charge >= 0.3 is 5.97 Å². The number of hydrogen-bond donors (Lipinski definition) is 2. The summed E-state index contributed by atoms with van der Waals surface area (Å²) in [6.45, 7) is 0. The topological polar surface area (TPSA) is 90.2 Å². The highest BCUT2D eigenvalue weighted by Gasteiger charge is 2.25. The Balaban J connectivity index is 2.45. The zero-order chi connectivity index (χ0) is 12.7. The molecule has 0 unspecified atom stereocenters. The number of carbonyl (C=O) groups excluding carboxylic acids is 1. The fourth-order valence-corrected chi connectivity index (χ4v) is 2.12. The van der Waals surface area contributed by atoms with Crippen LogP contribution in [0.1, 0.15) is 44.9 Å². The molecule has 1 atom stereocenters. The first-order chi connectivity index (χ1) is 8.15. The number of aliphatic carboxylic acids is 1. The molecule has 0 aliphatic heterocycles. The Labute approximate surface area is 101 Å². The van der Waals surface area contributed by atoms with Crippen LogP contribution in [-0.4, -0.2) is 23.0 Å². The number of carboxylic acids is 1. The minimum absolute atomic E-state index is 0.0484. The van der Waals surface area contributed by atoms with Crippen molar-refractivity contribution in [2.24, 2.45) is 5.92 Å². The van der Waals surface area contributed by atoms with Gasteiger partial charge in [0, 0.05) is 12.3 Å². The van der Waals surface area contributed by atoms with Crippen molar-refractivity contribution in [2.75, 3.05) is 0 Å². The number of nitrogens with zero attached hydrogens (tertiary/aromatic N) is 1. The van der Waals surface area contributed by atoms with E-state index in [1.807, 2.05) is 6.07 Å². The van der Waals surface area contributed by atoms with Gasteiger partial charge in [0.1, 0.15) is 6.04 Å². The van der Waals surface area contributed by atoms with Crippen LogP contribution in [0.2, 0.25) is 0 Å². The monoisotopic (exact) mass is 238 g/mol. The van der Waals surface area contributed by atoms with Crippen LogP contribution < -0.4 is 5.32 Å². The third-order valence-electron chi connectivity index (χ3n) is 3.14. The van der Waals surface area contributed by atoms with Crippen molar-refractivity contribution in [3.8, 4) is 6.07 Å². The van der Waals surface area contributed by atoms with Crippen molar-refractivity contribution in [1.29, 1.82) is 5.26 Å². The number of hydrogen-bond acceptors (Lipinski definition) is 3. The van der Waals surface area contributed by atoms with Gasteiger partial charge in [-0.15, -0.1) is 0 Å². The average molecular weight is 238 g/mol. The van der Waals surface area contributed by atoms with E-state index in [-0.39, 0.29) is 24.7 Å². The molecular weight excluding hydrogens is 220 g/mol. The number of amides is 1. The van der Waals surface area contributed by atoms with Crippen molar-refractivity contribution in [3.05, 3.63) is 0 Å². The molecular formula is C12H18N2O3. The van der Waals surface area contributed by atoms with Gasteiger partial charge in [0.2, 0.25) is 5.91 Å². The number of rotatable bonds is 5. The van der Waals surface area contributed by atoms with Gasteiger partial charge in [-0.1, -0.05) is 19.3 Å². The zero-order valence-corrected chi connectivity index (χ0v) is 9.82. The molecule has 1 rings (SSSR count). The summed E-state index contributed by atoms with van der Waals surface area (Å²) in [6.07, 6.45) is 5.22. The molecule has 0 aromatic carbocycles. The van der Waals surface area contributed by atoms with E-state index in [4.69, 9.17) is 10.4 Å². The first-order valence-electron chi connectivity index (χ1n) is 6.05. The Morgan fingerprint density at radius 1 is 1.35 bits per heavy atom. The molecule has 0 spiro atoms. The summed E-state index contributed by atoms with van der Waals surface area (Å²) in [7, 11) is 0. The summed E-state index contributed by atoms with van der Waals surface area (Å²) < 4.78 is 0. The molecule has 1 fully saturated rings. The molecule has 5 heteroatoms. The molecule has 1 saturated carbocycles. The molecule has 94 valence electrons. The molecule has 1 aliphatic carbocycles. The Bertz CT molecular complexity index is 316. The summed E-state index contributed by atoms with van der Waals surface area (Å²) in [5.74, 6) is -1.29. The second-order valence-electron chi connectivity index (χ2n) is 4.43. The van der Waals surface area contributed by atoms with Gasteiger partial charge in [-0.2, -0.15) is 5.26 Å². The van der Waals surface area contributed by atoms with Crippen LogP contribution in [0.3, 0.4) is 0 Å². The highest BCUT2D eigenvalue weighted by molar-refractivity contribution is 5.84. The van der Waals surface area contributed by atoms with Crippen molar-refractivity contribution < 1.29 is 14.7 Å². The lowest BCUT2D eigenvalue weighted by atomic mass is 9.88. The molecule has 1 amide bonds. The molecule has 0 heterocycles. The van der Waals surface area contributed by atoms with Crippen LogP contribution in [0.4, 0.5) is 0 Å². The maximum atomic E-state index is 11.8. The van der Waals surface area contributed by atoms with Crippen LogP contribution in [0, 0.1) is 17.2 Å². The lowest BCUT2D eigenvalue weighted by molar-refractivity contribution is -0.142. The van der Waals surface area contributed by atoms with Crippen molar-refractivity contribution in [3.63, 3.8) is 0 Å². The second-order valence-corrected chi connectivity index (χ2v) is 4.43. The largest absolute Gasteiger partial charge is 0.480 e. The second kappa shape index (κ2) is 6.89. The predicted molar refractivity (Wildman–Crippen MR) is 61.0 cm³/mol. The minimum Gasteiger partial charge on any atom is -0.480 e. The van der Waals surface area contributed by atoms with Gasteiger partial charge in [-0.3, -0.25) is 4.79 Å². The molecule has 17 heavy (non-hydrogen) atoms. The maximum absolute atomic E-state index is 11.8. The molecule has 0 radical (unpaired) electrons. The van der Waals surface area contributed by atoms with Gasteiger partial charge in [-0.25, -0.2) is 4.79 Å². The van der Waals surface area contributed by atoms with E-state index in [1.165, 1.54) is 0 Å². The minimum atomic E-state index is -1.07. The van der Waals surface area contributed by atoms with Crippen LogP contribution in [-0.2, 0) is 9.59 Å². The van der Waals surface area contributed by atoms with Crippen molar-refractivity contribution in [1.82, 2.24) is 5.32 Å². The van der Waals surface area contributed by atoms with Crippen molar-refractivity contribution >= 4 is 11.9 Å². The molecule has 0 bridgehead atoms. The molecule has 5 nitrogen and oxygen atoms in total. The number of nitrogens with one attached hydrogen (secondary N) is 1. The summed E-state index contributed by atoms with van der Waals surface area (Å²) in [5, 5.41) is 19.9. The fraction of sp³-hybridized carbons (Fsp3) is 0.750. The van der Waals surface area contributed by atoms with E-state index in [1.54, 1.807) is 0 Å². The Kier molecular flexibility index (Phi) is 5.47. The lowest BCUT2D eigenvalue weighted by Crippen LogP contribution is -2.44. The van der Waals surface area contributed by atoms with Gasteiger partial charge < -0.3 is 10.4 Å². The number of carboxylic acid groups (broad SMARTS) is 1. The van der Waals surface area contributed by atoms with Crippen molar-refractivity contribution in [2.45, 2.75) is 51.0 Å². The van der Waals surface area contributed by atoms with Crippen LogP contribution in [0.25, 0.3) is 0 Å². The van der Waals surface area contributed by atoms with Gasteiger partial charge in [0.25, 0.3) is 0 Å². The highest BCUT2D eigenvalue weighted by Crippen LogP contribution is 2.23. The summed E-state index contributed by atoms with van der Waals surface area (Å²) in [5.41, 5.74) is 0. The average Bonchev–Trinajstić information content (AvgIpc) is 2.35.